The summed E-state index contributed by atoms with van der Waals surface area (Å²) in [6.07, 6.45) is 2.65. The molecule has 0 saturated carbocycles. The van der Waals surface area contributed by atoms with Crippen molar-refractivity contribution in [3.05, 3.63) is 28.7 Å². The van der Waals surface area contributed by atoms with Crippen LogP contribution < -0.4 is 11.3 Å². The first-order chi connectivity index (χ1) is 9.67. The van der Waals surface area contributed by atoms with Gasteiger partial charge in [0.25, 0.3) is 5.56 Å². The van der Waals surface area contributed by atoms with Crippen molar-refractivity contribution < 1.29 is 9.47 Å². The third-order valence-electron chi connectivity index (χ3n) is 3.10. The highest BCUT2D eigenvalue weighted by Crippen LogP contribution is 1.98. The molecule has 1 aromatic heterocycles. The highest BCUT2D eigenvalue weighted by Gasteiger charge is 2.05. The van der Waals surface area contributed by atoms with Crippen molar-refractivity contribution in [3.8, 4) is 0 Å². The van der Waals surface area contributed by atoms with E-state index in [1.165, 1.54) is 6.07 Å². The smallest absolute Gasteiger partial charge is 0.250 e. The Morgan fingerprint density at radius 3 is 2.60 bits per heavy atom. The number of rotatable bonds is 10. The molecular formula is C14H25N3O3. The fourth-order valence-electron chi connectivity index (χ4n) is 1.96. The van der Waals surface area contributed by atoms with Crippen molar-refractivity contribution in [1.82, 2.24) is 9.47 Å². The van der Waals surface area contributed by atoms with Crippen molar-refractivity contribution >= 4 is 5.69 Å². The third-order valence-corrected chi connectivity index (χ3v) is 3.10. The second-order valence-corrected chi connectivity index (χ2v) is 4.67. The van der Waals surface area contributed by atoms with Crippen LogP contribution in [0.3, 0.4) is 0 Å². The zero-order chi connectivity index (χ0) is 14.8. The third kappa shape index (κ3) is 6.18. The molecule has 0 aliphatic carbocycles. The van der Waals surface area contributed by atoms with Crippen LogP contribution in [0.4, 0.5) is 5.69 Å². The average Bonchev–Trinajstić information content (AvgIpc) is 2.44. The van der Waals surface area contributed by atoms with Gasteiger partial charge in [-0.2, -0.15) is 0 Å². The summed E-state index contributed by atoms with van der Waals surface area (Å²) in [6.45, 7) is 4.60. The summed E-state index contributed by atoms with van der Waals surface area (Å²) in [5, 5.41) is 0. The number of anilines is 1. The molecule has 1 aromatic rings. The summed E-state index contributed by atoms with van der Waals surface area (Å²) in [6, 6.07) is 3.12. The van der Waals surface area contributed by atoms with E-state index in [1.807, 2.05) is 0 Å². The highest BCUT2D eigenvalue weighted by atomic mass is 16.5. The topological polar surface area (TPSA) is 69.7 Å². The van der Waals surface area contributed by atoms with Crippen LogP contribution >= 0.6 is 0 Å². The number of hydrogen-bond donors (Lipinski definition) is 1. The van der Waals surface area contributed by atoms with Gasteiger partial charge in [0, 0.05) is 65.0 Å². The lowest BCUT2D eigenvalue weighted by Crippen LogP contribution is -2.34. The molecule has 0 amide bonds. The number of methoxy groups -OCH3 is 2. The van der Waals surface area contributed by atoms with Crippen molar-refractivity contribution in [2.45, 2.75) is 13.0 Å². The van der Waals surface area contributed by atoms with E-state index in [2.05, 4.69) is 4.90 Å². The summed E-state index contributed by atoms with van der Waals surface area (Å²) in [5.74, 6) is 0. The predicted octanol–water partition coefficient (Wildman–Crippen LogP) is 0.415. The van der Waals surface area contributed by atoms with E-state index in [0.717, 1.165) is 32.7 Å². The molecular weight excluding hydrogens is 258 g/mol. The minimum atomic E-state index is -0.0252. The Labute approximate surface area is 120 Å². The van der Waals surface area contributed by atoms with Crippen LogP contribution in [0, 0.1) is 0 Å². The molecule has 114 valence electrons. The van der Waals surface area contributed by atoms with Crippen LogP contribution in [0.5, 0.6) is 0 Å². The molecule has 6 nitrogen and oxygen atoms in total. The molecule has 0 spiro atoms. The van der Waals surface area contributed by atoms with Crippen molar-refractivity contribution in [3.63, 3.8) is 0 Å². The summed E-state index contributed by atoms with van der Waals surface area (Å²) in [7, 11) is 3.39. The lowest BCUT2D eigenvalue weighted by atomic mass is 10.3. The van der Waals surface area contributed by atoms with Crippen LogP contribution in [0.15, 0.2) is 23.1 Å². The van der Waals surface area contributed by atoms with Gasteiger partial charge in [0.2, 0.25) is 0 Å². The van der Waals surface area contributed by atoms with Crippen LogP contribution in [0.25, 0.3) is 0 Å². The number of ether oxygens (including phenoxy) is 2. The molecule has 0 fully saturated rings. The number of nitrogen functional groups attached to an aromatic ring is 1. The highest BCUT2D eigenvalue weighted by molar-refractivity contribution is 5.33. The van der Waals surface area contributed by atoms with E-state index in [4.69, 9.17) is 15.2 Å². The molecule has 0 saturated heterocycles. The van der Waals surface area contributed by atoms with Crippen LogP contribution in [0.2, 0.25) is 0 Å². The van der Waals surface area contributed by atoms with E-state index in [0.29, 0.717) is 18.8 Å². The number of hydrogen-bond acceptors (Lipinski definition) is 5. The maximum Gasteiger partial charge on any atom is 0.250 e. The first kappa shape index (κ1) is 16.7. The van der Waals surface area contributed by atoms with E-state index < -0.39 is 0 Å². The van der Waals surface area contributed by atoms with Crippen molar-refractivity contribution in [1.29, 1.82) is 0 Å². The first-order valence-corrected chi connectivity index (χ1v) is 6.83. The molecule has 1 rings (SSSR count). The van der Waals surface area contributed by atoms with Gasteiger partial charge in [-0.1, -0.05) is 0 Å². The van der Waals surface area contributed by atoms with Gasteiger partial charge in [-0.3, -0.25) is 9.69 Å². The fraction of sp³-hybridized carbons (Fsp3) is 0.643. The van der Waals surface area contributed by atoms with Gasteiger partial charge in [-0.05, 0) is 12.5 Å². The summed E-state index contributed by atoms with van der Waals surface area (Å²) in [4.78, 5) is 14.0. The van der Waals surface area contributed by atoms with Crippen LogP contribution in [-0.4, -0.2) is 56.5 Å². The monoisotopic (exact) mass is 283 g/mol. The van der Waals surface area contributed by atoms with Gasteiger partial charge in [-0.25, -0.2) is 0 Å². The second kappa shape index (κ2) is 9.52. The Morgan fingerprint density at radius 1 is 1.15 bits per heavy atom. The Bertz CT molecular complexity index is 434. The van der Waals surface area contributed by atoms with Gasteiger partial charge in [0.1, 0.15) is 0 Å². The SMILES string of the molecule is COCCCN(CCOC)CCn1cc(N)ccc1=O. The Balaban J connectivity index is 2.51. The van der Waals surface area contributed by atoms with Gasteiger partial charge in [0.05, 0.1) is 6.61 Å². The Kier molecular flexibility index (Phi) is 7.94. The van der Waals surface area contributed by atoms with Gasteiger partial charge in [0.15, 0.2) is 0 Å². The zero-order valence-corrected chi connectivity index (χ0v) is 12.4. The molecule has 1 heterocycles. The number of nitrogens with zero attached hydrogens (tertiary/aromatic N) is 2. The normalized spacial score (nSPS) is 11.2. The average molecular weight is 283 g/mol. The van der Waals surface area contributed by atoms with Crippen molar-refractivity contribution in [2.24, 2.45) is 0 Å². The number of aromatic nitrogens is 1. The van der Waals surface area contributed by atoms with Crippen molar-refractivity contribution in [2.75, 3.05) is 52.8 Å². The van der Waals surface area contributed by atoms with Gasteiger partial charge >= 0.3 is 0 Å². The molecule has 0 atom stereocenters. The number of nitrogens with two attached hydrogens (primary N) is 1. The molecule has 20 heavy (non-hydrogen) atoms. The fourth-order valence-corrected chi connectivity index (χ4v) is 1.96. The molecule has 0 aliphatic heterocycles. The van der Waals surface area contributed by atoms with Gasteiger partial charge in [-0.15, -0.1) is 0 Å². The second-order valence-electron chi connectivity index (χ2n) is 4.67. The maximum atomic E-state index is 11.7. The predicted molar refractivity (Wildman–Crippen MR) is 79.9 cm³/mol. The standard InChI is InChI=1S/C14H25N3O3/c1-19-10-3-6-16(9-11-20-2)7-8-17-12-13(15)4-5-14(17)18/h4-5,12H,3,6-11,15H2,1-2H3. The Morgan fingerprint density at radius 2 is 1.90 bits per heavy atom. The molecule has 0 aromatic carbocycles. The van der Waals surface area contributed by atoms with E-state index in [1.54, 1.807) is 31.0 Å². The zero-order valence-electron chi connectivity index (χ0n) is 12.4. The van der Waals surface area contributed by atoms with Crippen LogP contribution in [-0.2, 0) is 16.0 Å². The van der Waals surface area contributed by atoms with E-state index in [9.17, 15) is 4.79 Å². The summed E-state index contributed by atoms with van der Waals surface area (Å²) >= 11 is 0. The molecule has 6 heteroatoms. The molecule has 0 bridgehead atoms. The number of pyridine rings is 1. The lowest BCUT2D eigenvalue weighted by Gasteiger charge is -2.22. The maximum absolute atomic E-state index is 11.7. The van der Waals surface area contributed by atoms with Crippen LogP contribution in [0.1, 0.15) is 6.42 Å². The Hall–Kier alpha value is -1.37. The molecule has 0 radical (unpaired) electrons. The first-order valence-electron chi connectivity index (χ1n) is 6.83. The molecule has 0 aliphatic rings. The van der Waals surface area contributed by atoms with Gasteiger partial charge < -0.3 is 19.8 Å². The molecule has 0 unspecified atom stereocenters. The van der Waals surface area contributed by atoms with E-state index in [-0.39, 0.29) is 5.56 Å². The lowest BCUT2D eigenvalue weighted by molar-refractivity contribution is 0.130. The summed E-state index contributed by atoms with van der Waals surface area (Å²) in [5.41, 5.74) is 6.28. The quantitative estimate of drug-likeness (QED) is 0.630. The minimum Gasteiger partial charge on any atom is -0.398 e. The minimum absolute atomic E-state index is 0.0252. The largest absolute Gasteiger partial charge is 0.398 e. The molecule has 2 N–H and O–H groups in total. The summed E-state index contributed by atoms with van der Waals surface area (Å²) < 4.78 is 11.8. The van der Waals surface area contributed by atoms with E-state index >= 15 is 0 Å².